The van der Waals surface area contributed by atoms with Crippen LogP contribution in [0.15, 0.2) is 18.2 Å². The zero-order valence-electron chi connectivity index (χ0n) is 9.30. The standard InChI is InChI=1S/C11H8N2O5/c1-18-11(15)8-3-2-7(4-5-10(12)14)9(6-8)13(16)17/h2-3,6H,1H3,(H2,12,14). The third-order valence-corrected chi connectivity index (χ3v) is 1.94. The number of nitrogens with two attached hydrogens (primary N) is 1. The van der Waals surface area contributed by atoms with Crippen molar-refractivity contribution in [3.05, 3.63) is 39.4 Å². The number of ether oxygens (including phenoxy) is 1. The summed E-state index contributed by atoms with van der Waals surface area (Å²) in [5, 5.41) is 10.8. The number of hydrogen-bond donors (Lipinski definition) is 1. The van der Waals surface area contributed by atoms with Gasteiger partial charge in [0.1, 0.15) is 5.56 Å². The predicted molar refractivity (Wildman–Crippen MR) is 60.5 cm³/mol. The maximum Gasteiger partial charge on any atom is 0.338 e. The first kappa shape index (κ1) is 13.2. The van der Waals surface area contributed by atoms with Gasteiger partial charge in [0, 0.05) is 12.0 Å². The van der Waals surface area contributed by atoms with E-state index in [1.807, 2.05) is 5.92 Å². The van der Waals surface area contributed by atoms with Gasteiger partial charge >= 0.3 is 5.97 Å². The number of carbonyl (C=O) groups excluding carboxylic acids is 2. The number of amides is 1. The van der Waals surface area contributed by atoms with Gasteiger partial charge < -0.3 is 10.5 Å². The molecule has 0 heterocycles. The Morgan fingerprint density at radius 1 is 1.44 bits per heavy atom. The fourth-order valence-corrected chi connectivity index (χ4v) is 1.16. The molecule has 0 atom stereocenters. The number of nitrogens with zero attached hydrogens (tertiary/aromatic N) is 1. The molecule has 0 aliphatic carbocycles. The second-order valence-electron chi connectivity index (χ2n) is 3.09. The van der Waals surface area contributed by atoms with Crippen molar-refractivity contribution in [2.24, 2.45) is 5.73 Å². The third-order valence-electron chi connectivity index (χ3n) is 1.94. The zero-order chi connectivity index (χ0) is 13.7. The minimum Gasteiger partial charge on any atom is -0.465 e. The lowest BCUT2D eigenvalue weighted by atomic mass is 10.1. The second-order valence-corrected chi connectivity index (χ2v) is 3.09. The summed E-state index contributed by atoms with van der Waals surface area (Å²) in [6, 6.07) is 3.58. The fourth-order valence-electron chi connectivity index (χ4n) is 1.16. The molecule has 0 unspecified atom stereocenters. The van der Waals surface area contributed by atoms with Crippen LogP contribution in [-0.2, 0) is 9.53 Å². The van der Waals surface area contributed by atoms with Gasteiger partial charge in [-0.2, -0.15) is 0 Å². The number of rotatable bonds is 2. The molecule has 0 saturated carbocycles. The van der Waals surface area contributed by atoms with Gasteiger partial charge in [-0.3, -0.25) is 14.9 Å². The summed E-state index contributed by atoms with van der Waals surface area (Å²) >= 11 is 0. The highest BCUT2D eigenvalue weighted by atomic mass is 16.6. The van der Waals surface area contributed by atoms with Crippen LogP contribution in [0.25, 0.3) is 0 Å². The Morgan fingerprint density at radius 2 is 2.11 bits per heavy atom. The first-order valence-corrected chi connectivity index (χ1v) is 4.64. The van der Waals surface area contributed by atoms with Crippen LogP contribution in [0, 0.1) is 22.0 Å². The van der Waals surface area contributed by atoms with Crippen LogP contribution in [0.4, 0.5) is 5.69 Å². The molecular formula is C11H8N2O5. The molecule has 0 radical (unpaired) electrons. The van der Waals surface area contributed by atoms with E-state index in [1.54, 1.807) is 0 Å². The lowest BCUT2D eigenvalue weighted by molar-refractivity contribution is -0.385. The molecule has 0 aliphatic heterocycles. The number of methoxy groups -OCH3 is 1. The van der Waals surface area contributed by atoms with Crippen molar-refractivity contribution in [1.82, 2.24) is 0 Å². The van der Waals surface area contributed by atoms with Crippen molar-refractivity contribution in [1.29, 1.82) is 0 Å². The summed E-state index contributed by atoms with van der Waals surface area (Å²) in [7, 11) is 1.16. The molecule has 7 nitrogen and oxygen atoms in total. The predicted octanol–water partition coefficient (Wildman–Crippen LogP) is 0.218. The second kappa shape index (κ2) is 5.45. The largest absolute Gasteiger partial charge is 0.465 e. The molecule has 92 valence electrons. The van der Waals surface area contributed by atoms with Gasteiger partial charge in [0.05, 0.1) is 17.6 Å². The molecule has 0 aliphatic rings. The average molecular weight is 248 g/mol. The highest BCUT2D eigenvalue weighted by Gasteiger charge is 2.16. The van der Waals surface area contributed by atoms with E-state index in [0.29, 0.717) is 0 Å². The Hall–Kier alpha value is -2.88. The number of hydrogen-bond acceptors (Lipinski definition) is 5. The molecule has 0 fully saturated rings. The van der Waals surface area contributed by atoms with Gasteiger partial charge in [0.15, 0.2) is 0 Å². The van der Waals surface area contributed by atoms with Gasteiger partial charge in [-0.1, -0.05) is 0 Å². The highest BCUT2D eigenvalue weighted by Crippen LogP contribution is 2.19. The number of primary amides is 1. The summed E-state index contributed by atoms with van der Waals surface area (Å²) in [6.45, 7) is 0. The van der Waals surface area contributed by atoms with Crippen LogP contribution >= 0.6 is 0 Å². The van der Waals surface area contributed by atoms with Crippen LogP contribution in [0.3, 0.4) is 0 Å². The Kier molecular flexibility index (Phi) is 3.99. The van der Waals surface area contributed by atoms with E-state index in [-0.39, 0.29) is 11.1 Å². The fraction of sp³-hybridized carbons (Fsp3) is 0.0909. The summed E-state index contributed by atoms with van der Waals surface area (Å²) in [4.78, 5) is 31.8. The van der Waals surface area contributed by atoms with E-state index < -0.39 is 22.5 Å². The maximum atomic E-state index is 11.2. The first-order valence-electron chi connectivity index (χ1n) is 4.64. The Balaban J connectivity index is 3.31. The van der Waals surface area contributed by atoms with Crippen molar-refractivity contribution >= 4 is 17.6 Å². The lowest BCUT2D eigenvalue weighted by Gasteiger charge is -2.00. The average Bonchev–Trinajstić information content (AvgIpc) is 2.34. The molecule has 1 amide bonds. The molecule has 0 spiro atoms. The third kappa shape index (κ3) is 3.05. The van der Waals surface area contributed by atoms with Crippen molar-refractivity contribution in [3.8, 4) is 11.8 Å². The Bertz CT molecular complexity index is 583. The molecule has 0 saturated heterocycles. The van der Waals surface area contributed by atoms with Crippen LogP contribution in [0.2, 0.25) is 0 Å². The van der Waals surface area contributed by atoms with Gasteiger partial charge in [-0.25, -0.2) is 4.79 Å². The summed E-state index contributed by atoms with van der Waals surface area (Å²) < 4.78 is 4.44. The van der Waals surface area contributed by atoms with Gasteiger partial charge in [0.2, 0.25) is 0 Å². The highest BCUT2D eigenvalue weighted by molar-refractivity contribution is 5.93. The molecule has 1 rings (SSSR count). The normalized spacial score (nSPS) is 8.94. The Morgan fingerprint density at radius 3 is 2.61 bits per heavy atom. The van der Waals surface area contributed by atoms with E-state index in [1.165, 1.54) is 12.1 Å². The summed E-state index contributed by atoms with van der Waals surface area (Å²) in [6.07, 6.45) is 0. The number of benzene rings is 1. The van der Waals surface area contributed by atoms with E-state index in [0.717, 1.165) is 13.2 Å². The topological polar surface area (TPSA) is 113 Å². The van der Waals surface area contributed by atoms with Gasteiger partial charge in [-0.05, 0) is 18.1 Å². The van der Waals surface area contributed by atoms with Crippen LogP contribution < -0.4 is 5.73 Å². The van der Waals surface area contributed by atoms with E-state index >= 15 is 0 Å². The molecule has 0 aromatic heterocycles. The van der Waals surface area contributed by atoms with E-state index in [9.17, 15) is 19.7 Å². The molecule has 1 aromatic carbocycles. The number of nitro benzene ring substituents is 1. The van der Waals surface area contributed by atoms with Crippen molar-refractivity contribution in [2.45, 2.75) is 0 Å². The van der Waals surface area contributed by atoms with Gasteiger partial charge in [-0.15, -0.1) is 0 Å². The molecule has 18 heavy (non-hydrogen) atoms. The maximum absolute atomic E-state index is 11.2. The lowest BCUT2D eigenvalue weighted by Crippen LogP contribution is -2.06. The monoisotopic (exact) mass is 248 g/mol. The summed E-state index contributed by atoms with van der Waals surface area (Å²) in [5.74, 6) is 2.64. The van der Waals surface area contributed by atoms with Crippen molar-refractivity contribution in [2.75, 3.05) is 7.11 Å². The smallest absolute Gasteiger partial charge is 0.338 e. The molecule has 2 N–H and O–H groups in total. The van der Waals surface area contributed by atoms with Gasteiger partial charge in [0.25, 0.3) is 11.6 Å². The van der Waals surface area contributed by atoms with Crippen LogP contribution in [0.5, 0.6) is 0 Å². The molecule has 0 bridgehead atoms. The van der Waals surface area contributed by atoms with Crippen molar-refractivity contribution in [3.63, 3.8) is 0 Å². The Labute approximate surface area is 102 Å². The van der Waals surface area contributed by atoms with E-state index in [4.69, 9.17) is 5.73 Å². The molecule has 7 heteroatoms. The van der Waals surface area contributed by atoms with Crippen LogP contribution in [-0.4, -0.2) is 23.9 Å². The quantitative estimate of drug-likeness (QED) is 0.348. The van der Waals surface area contributed by atoms with Crippen LogP contribution in [0.1, 0.15) is 15.9 Å². The minimum absolute atomic E-state index is 0.00791. The zero-order valence-corrected chi connectivity index (χ0v) is 9.30. The van der Waals surface area contributed by atoms with Crippen molar-refractivity contribution < 1.29 is 19.2 Å². The minimum atomic E-state index is -0.902. The number of esters is 1. The SMILES string of the molecule is COC(=O)c1ccc(C#CC(N)=O)c([N+](=O)[O-])c1. The number of carbonyl (C=O) groups is 2. The number of nitro groups is 1. The van der Waals surface area contributed by atoms with E-state index in [2.05, 4.69) is 10.7 Å². The summed E-state index contributed by atoms with van der Waals surface area (Å²) in [5.41, 5.74) is 4.43. The molecular weight excluding hydrogens is 240 g/mol. The first-order chi connectivity index (χ1) is 8.45. The molecule has 1 aromatic rings.